The van der Waals surface area contributed by atoms with Gasteiger partial charge < -0.3 is 10.2 Å². The van der Waals surface area contributed by atoms with E-state index in [4.69, 9.17) is 0 Å². The molecule has 0 saturated carbocycles. The van der Waals surface area contributed by atoms with Crippen LogP contribution in [0.15, 0.2) is 95.8 Å². The van der Waals surface area contributed by atoms with E-state index in [9.17, 15) is 9.59 Å². The summed E-state index contributed by atoms with van der Waals surface area (Å²) in [5, 5.41) is 7.21. The van der Waals surface area contributed by atoms with Crippen LogP contribution in [0.4, 0.5) is 17.1 Å². The normalized spacial score (nSPS) is 12.4. The molecule has 0 unspecified atom stereocenters. The molecule has 2 heterocycles. The molecule has 1 N–H and O–H groups in total. The number of rotatable bonds is 5. The second-order valence-corrected chi connectivity index (χ2v) is 7.71. The first-order valence-electron chi connectivity index (χ1n) is 10.6. The predicted octanol–water partition coefficient (Wildman–Crippen LogP) is 4.24. The first kappa shape index (κ1) is 19.8. The Morgan fingerprint density at radius 3 is 2.44 bits per heavy atom. The number of fused-ring (bicyclic) bond motifs is 1. The largest absolute Gasteiger partial charge is 0.341 e. The molecule has 6 heteroatoms. The Hall–Kier alpha value is -4.19. The number of nitrogens with zero attached hydrogens (tertiary/aromatic N) is 3. The SMILES string of the molecule is O=C(Cn1nc(-c2ccccc2)ccc1=O)Nc1ccc(N2CCc3ccccc32)cc1. The van der Waals surface area contributed by atoms with Crippen molar-refractivity contribution in [3.05, 3.63) is 107 Å². The number of nitrogens with one attached hydrogen (secondary N) is 1. The molecule has 6 nitrogen and oxygen atoms in total. The van der Waals surface area contributed by atoms with E-state index in [0.29, 0.717) is 11.4 Å². The van der Waals surface area contributed by atoms with E-state index in [0.717, 1.165) is 24.2 Å². The number of carbonyl (C=O) groups excluding carboxylic acids is 1. The number of para-hydroxylation sites is 1. The summed E-state index contributed by atoms with van der Waals surface area (Å²) in [6.45, 7) is 0.790. The van der Waals surface area contributed by atoms with Crippen molar-refractivity contribution in [1.82, 2.24) is 9.78 Å². The minimum atomic E-state index is -0.317. The van der Waals surface area contributed by atoms with Crippen LogP contribution in [0, 0.1) is 0 Å². The molecule has 0 atom stereocenters. The molecule has 1 aliphatic heterocycles. The zero-order valence-corrected chi connectivity index (χ0v) is 17.4. The zero-order chi connectivity index (χ0) is 21.9. The Labute approximate surface area is 185 Å². The minimum absolute atomic E-state index is 0.152. The van der Waals surface area contributed by atoms with Gasteiger partial charge in [-0.2, -0.15) is 5.10 Å². The number of anilines is 3. The van der Waals surface area contributed by atoms with Crippen LogP contribution in [-0.4, -0.2) is 22.2 Å². The maximum Gasteiger partial charge on any atom is 0.267 e. The van der Waals surface area contributed by atoms with Crippen molar-refractivity contribution in [3.63, 3.8) is 0 Å². The maximum absolute atomic E-state index is 12.6. The average Bonchev–Trinajstić information content (AvgIpc) is 3.26. The molecular formula is C26H22N4O2. The monoisotopic (exact) mass is 422 g/mol. The lowest BCUT2D eigenvalue weighted by atomic mass is 10.1. The number of hydrogen-bond acceptors (Lipinski definition) is 4. The van der Waals surface area contributed by atoms with E-state index in [1.165, 1.54) is 22.0 Å². The number of hydrogen-bond donors (Lipinski definition) is 1. The zero-order valence-electron chi connectivity index (χ0n) is 17.4. The molecule has 158 valence electrons. The van der Waals surface area contributed by atoms with Crippen LogP contribution in [0.25, 0.3) is 11.3 Å². The van der Waals surface area contributed by atoms with Crippen LogP contribution in [0.5, 0.6) is 0 Å². The third-order valence-corrected chi connectivity index (χ3v) is 5.58. The minimum Gasteiger partial charge on any atom is -0.341 e. The van der Waals surface area contributed by atoms with Gasteiger partial charge in [0.2, 0.25) is 5.91 Å². The van der Waals surface area contributed by atoms with Gasteiger partial charge in [-0.05, 0) is 48.4 Å². The molecule has 0 aliphatic carbocycles. The van der Waals surface area contributed by atoms with Crippen LogP contribution < -0.4 is 15.8 Å². The molecule has 3 aromatic carbocycles. The molecule has 5 rings (SSSR count). The lowest BCUT2D eigenvalue weighted by molar-refractivity contribution is -0.117. The van der Waals surface area contributed by atoms with E-state index in [1.54, 1.807) is 6.07 Å². The number of amides is 1. The van der Waals surface area contributed by atoms with Gasteiger partial charge in [0.25, 0.3) is 5.56 Å². The van der Waals surface area contributed by atoms with Gasteiger partial charge in [-0.3, -0.25) is 9.59 Å². The molecule has 4 aromatic rings. The fraction of sp³-hybridized carbons (Fsp3) is 0.115. The van der Waals surface area contributed by atoms with Crippen LogP contribution in [0.2, 0.25) is 0 Å². The summed E-state index contributed by atoms with van der Waals surface area (Å²) in [7, 11) is 0. The van der Waals surface area contributed by atoms with Crippen molar-refractivity contribution < 1.29 is 4.79 Å². The quantitative estimate of drug-likeness (QED) is 0.522. The van der Waals surface area contributed by atoms with Gasteiger partial charge in [0.05, 0.1) is 5.69 Å². The van der Waals surface area contributed by atoms with Crippen LogP contribution in [0.3, 0.4) is 0 Å². The van der Waals surface area contributed by atoms with E-state index in [2.05, 4.69) is 39.6 Å². The molecule has 1 aromatic heterocycles. The topological polar surface area (TPSA) is 67.2 Å². The van der Waals surface area contributed by atoms with Crippen LogP contribution >= 0.6 is 0 Å². The average molecular weight is 422 g/mol. The Morgan fingerprint density at radius 2 is 1.62 bits per heavy atom. The van der Waals surface area contributed by atoms with Crippen LogP contribution in [0.1, 0.15) is 5.56 Å². The first-order valence-corrected chi connectivity index (χ1v) is 10.6. The van der Waals surface area contributed by atoms with Crippen molar-refractivity contribution >= 4 is 23.0 Å². The Morgan fingerprint density at radius 1 is 0.875 bits per heavy atom. The van der Waals surface area contributed by atoms with Crippen molar-refractivity contribution in [2.24, 2.45) is 0 Å². The van der Waals surface area contributed by atoms with E-state index in [1.807, 2.05) is 54.6 Å². The highest BCUT2D eigenvalue weighted by atomic mass is 16.2. The van der Waals surface area contributed by atoms with Gasteiger partial charge in [0.1, 0.15) is 6.54 Å². The standard InChI is InChI=1S/C26H22N4O2/c31-25(18-30-26(32)15-14-23(28-30)19-6-2-1-3-7-19)27-21-10-12-22(13-11-21)29-17-16-20-8-4-5-9-24(20)29/h1-15H,16-18H2,(H,27,31). The summed E-state index contributed by atoms with van der Waals surface area (Å²) in [4.78, 5) is 27.0. The van der Waals surface area contributed by atoms with Gasteiger partial charge in [-0.1, -0.05) is 48.5 Å². The van der Waals surface area contributed by atoms with Gasteiger partial charge in [-0.15, -0.1) is 0 Å². The smallest absolute Gasteiger partial charge is 0.267 e. The lowest BCUT2D eigenvalue weighted by Gasteiger charge is -2.20. The highest BCUT2D eigenvalue weighted by Crippen LogP contribution is 2.34. The number of aromatic nitrogens is 2. The fourth-order valence-electron chi connectivity index (χ4n) is 3.99. The van der Waals surface area contributed by atoms with Crippen molar-refractivity contribution in [3.8, 4) is 11.3 Å². The molecule has 0 spiro atoms. The molecular weight excluding hydrogens is 400 g/mol. The third-order valence-electron chi connectivity index (χ3n) is 5.58. The third kappa shape index (κ3) is 4.03. The molecule has 32 heavy (non-hydrogen) atoms. The van der Waals surface area contributed by atoms with E-state index in [-0.39, 0.29) is 18.0 Å². The molecule has 1 amide bonds. The fourth-order valence-corrected chi connectivity index (χ4v) is 3.99. The van der Waals surface area contributed by atoms with E-state index < -0.39 is 0 Å². The maximum atomic E-state index is 12.6. The van der Waals surface area contributed by atoms with Gasteiger partial charge in [0, 0.05) is 35.2 Å². The molecule has 0 bridgehead atoms. The molecule has 0 saturated heterocycles. The van der Waals surface area contributed by atoms with Gasteiger partial charge in [0.15, 0.2) is 0 Å². The Bertz CT molecular complexity index is 1310. The van der Waals surface area contributed by atoms with Crippen molar-refractivity contribution in [1.29, 1.82) is 0 Å². The Balaban J connectivity index is 1.28. The van der Waals surface area contributed by atoms with Crippen molar-refractivity contribution in [2.75, 3.05) is 16.8 Å². The van der Waals surface area contributed by atoms with E-state index >= 15 is 0 Å². The second kappa shape index (κ2) is 8.51. The van der Waals surface area contributed by atoms with Gasteiger partial charge >= 0.3 is 0 Å². The van der Waals surface area contributed by atoms with Crippen molar-refractivity contribution in [2.45, 2.75) is 13.0 Å². The highest BCUT2D eigenvalue weighted by molar-refractivity contribution is 5.90. The summed E-state index contributed by atoms with van der Waals surface area (Å²) in [5.41, 5.74) is 5.56. The number of benzene rings is 3. The molecule has 1 aliphatic rings. The lowest BCUT2D eigenvalue weighted by Crippen LogP contribution is -2.29. The Kier molecular flexibility index (Phi) is 5.25. The first-order chi connectivity index (χ1) is 15.7. The summed E-state index contributed by atoms with van der Waals surface area (Å²) < 4.78 is 1.19. The molecule has 0 fully saturated rings. The van der Waals surface area contributed by atoms with Gasteiger partial charge in [-0.25, -0.2) is 4.68 Å². The summed E-state index contributed by atoms with van der Waals surface area (Å²) in [5.74, 6) is -0.302. The molecule has 0 radical (unpaired) electrons. The highest BCUT2D eigenvalue weighted by Gasteiger charge is 2.19. The number of carbonyl (C=O) groups is 1. The second-order valence-electron chi connectivity index (χ2n) is 7.71. The summed E-state index contributed by atoms with van der Waals surface area (Å²) >= 11 is 0. The summed E-state index contributed by atoms with van der Waals surface area (Å²) in [6.07, 6.45) is 1.03. The summed E-state index contributed by atoms with van der Waals surface area (Å²) in [6, 6.07) is 28.8. The predicted molar refractivity (Wildman–Crippen MR) is 126 cm³/mol. The van der Waals surface area contributed by atoms with Crippen LogP contribution in [-0.2, 0) is 17.8 Å².